The fourth-order valence-corrected chi connectivity index (χ4v) is 3.32. The Morgan fingerprint density at radius 3 is 2.25 bits per heavy atom. The fraction of sp³-hybridized carbons (Fsp3) is 0.273. The molecule has 0 aliphatic rings. The van der Waals surface area contributed by atoms with Gasteiger partial charge in [-0.2, -0.15) is 5.10 Å². The van der Waals surface area contributed by atoms with E-state index in [9.17, 15) is 23.7 Å². The van der Waals surface area contributed by atoms with Crippen molar-refractivity contribution in [3.05, 3.63) is 75.1 Å². The lowest BCUT2D eigenvalue weighted by Crippen LogP contribution is -2.25. The minimum atomic E-state index is -2.76. The molecule has 0 aliphatic heterocycles. The highest BCUT2D eigenvalue weighted by Gasteiger charge is 2.22. The number of amides is 1. The molecule has 2 aromatic carbocycles. The van der Waals surface area contributed by atoms with Crippen LogP contribution in [0.15, 0.2) is 42.5 Å². The van der Waals surface area contributed by atoms with Gasteiger partial charge in [0.25, 0.3) is 12.1 Å². The second kappa shape index (κ2) is 9.13. The van der Waals surface area contributed by atoms with Crippen LogP contribution in [0.1, 0.15) is 41.9 Å². The molecule has 0 saturated carbocycles. The lowest BCUT2D eigenvalue weighted by molar-refractivity contribution is -0.384. The molecule has 0 spiro atoms. The van der Waals surface area contributed by atoms with Crippen molar-refractivity contribution in [3.63, 3.8) is 0 Å². The molecule has 0 radical (unpaired) electrons. The van der Waals surface area contributed by atoms with Gasteiger partial charge in [-0.15, -0.1) is 0 Å². The van der Waals surface area contributed by atoms with Gasteiger partial charge in [-0.05, 0) is 57.0 Å². The molecule has 0 fully saturated rings. The monoisotopic (exact) mass is 444 g/mol. The number of carbonyl (C=O) groups is 1. The summed E-state index contributed by atoms with van der Waals surface area (Å²) in [5.74, 6) is 0.0950. The third kappa shape index (κ3) is 5.26. The smallest absolute Gasteiger partial charge is 0.282 e. The Kier molecular flexibility index (Phi) is 6.52. The van der Waals surface area contributed by atoms with Gasteiger partial charge in [-0.3, -0.25) is 19.6 Å². The largest absolute Gasteiger partial charge is 0.457 e. The average molecular weight is 444 g/mol. The van der Waals surface area contributed by atoms with Gasteiger partial charge in [0, 0.05) is 17.8 Å². The second-order valence-corrected chi connectivity index (χ2v) is 7.52. The van der Waals surface area contributed by atoms with E-state index in [0.717, 1.165) is 11.1 Å². The molecule has 8 nitrogen and oxygen atoms in total. The van der Waals surface area contributed by atoms with Gasteiger partial charge >= 0.3 is 0 Å². The van der Waals surface area contributed by atoms with Gasteiger partial charge in [-0.1, -0.05) is 6.07 Å². The van der Waals surface area contributed by atoms with Gasteiger partial charge in [0.1, 0.15) is 23.2 Å². The molecular weight excluding hydrogens is 422 g/mol. The molecule has 3 aromatic rings. The summed E-state index contributed by atoms with van der Waals surface area (Å²) in [5, 5.41) is 17.7. The summed E-state index contributed by atoms with van der Waals surface area (Å²) < 4.78 is 32.8. The minimum Gasteiger partial charge on any atom is -0.457 e. The van der Waals surface area contributed by atoms with Gasteiger partial charge in [0.05, 0.1) is 16.7 Å². The van der Waals surface area contributed by atoms with Crippen LogP contribution >= 0.6 is 0 Å². The number of carbonyl (C=O) groups excluding carboxylic acids is 1. The number of halogens is 2. The highest BCUT2D eigenvalue weighted by Crippen LogP contribution is 2.31. The van der Waals surface area contributed by atoms with E-state index >= 15 is 0 Å². The van der Waals surface area contributed by atoms with E-state index in [1.807, 2.05) is 19.9 Å². The van der Waals surface area contributed by atoms with Crippen molar-refractivity contribution in [2.45, 2.75) is 40.2 Å². The number of nitrogens with zero attached hydrogens (tertiary/aromatic N) is 3. The Labute approximate surface area is 183 Å². The normalized spacial score (nSPS) is 12.0. The molecule has 3 rings (SSSR count). The van der Waals surface area contributed by atoms with Crippen LogP contribution in [0.2, 0.25) is 0 Å². The SMILES string of the molecule is Cc1cc(C)cc(Oc2cc(NC(=O)C(C)n3nc(C(F)F)cc3C)cc([N+](=O)[O-])c2)c1. The number of benzene rings is 2. The third-order valence-electron chi connectivity index (χ3n) is 4.71. The van der Waals surface area contributed by atoms with E-state index in [1.165, 1.54) is 35.9 Å². The van der Waals surface area contributed by atoms with Crippen LogP contribution in [0.3, 0.4) is 0 Å². The highest BCUT2D eigenvalue weighted by molar-refractivity contribution is 5.94. The summed E-state index contributed by atoms with van der Waals surface area (Å²) in [6.45, 7) is 6.86. The molecule has 1 unspecified atom stereocenters. The van der Waals surface area contributed by atoms with Gasteiger partial charge < -0.3 is 10.1 Å². The Hall–Kier alpha value is -3.82. The van der Waals surface area contributed by atoms with Crippen molar-refractivity contribution in [1.29, 1.82) is 0 Å². The molecule has 1 atom stereocenters. The van der Waals surface area contributed by atoms with Crippen LogP contribution < -0.4 is 10.1 Å². The molecule has 1 amide bonds. The maximum atomic E-state index is 12.9. The molecule has 1 N–H and O–H groups in total. The first-order valence-corrected chi connectivity index (χ1v) is 9.74. The number of anilines is 1. The van der Waals surface area contributed by atoms with Crippen molar-refractivity contribution in [1.82, 2.24) is 9.78 Å². The number of nitro benzene ring substituents is 1. The van der Waals surface area contributed by atoms with E-state index in [1.54, 1.807) is 19.1 Å². The van der Waals surface area contributed by atoms with E-state index in [4.69, 9.17) is 4.74 Å². The van der Waals surface area contributed by atoms with Gasteiger partial charge in [-0.25, -0.2) is 8.78 Å². The van der Waals surface area contributed by atoms with Crippen molar-refractivity contribution in [3.8, 4) is 11.5 Å². The van der Waals surface area contributed by atoms with E-state index < -0.39 is 29.0 Å². The van der Waals surface area contributed by atoms with E-state index in [-0.39, 0.29) is 17.1 Å². The van der Waals surface area contributed by atoms with Crippen LogP contribution in [-0.4, -0.2) is 20.6 Å². The Morgan fingerprint density at radius 2 is 1.69 bits per heavy atom. The molecule has 1 aromatic heterocycles. The Morgan fingerprint density at radius 1 is 1.06 bits per heavy atom. The predicted molar refractivity (Wildman–Crippen MR) is 114 cm³/mol. The highest BCUT2D eigenvalue weighted by atomic mass is 19.3. The maximum absolute atomic E-state index is 12.9. The molecule has 1 heterocycles. The number of aryl methyl sites for hydroxylation is 3. The summed E-state index contributed by atoms with van der Waals surface area (Å²) in [6, 6.07) is 9.71. The van der Waals surface area contributed by atoms with Gasteiger partial charge in [0.15, 0.2) is 0 Å². The maximum Gasteiger partial charge on any atom is 0.282 e. The number of nitrogens with one attached hydrogen (secondary N) is 1. The van der Waals surface area contributed by atoms with Gasteiger partial charge in [0.2, 0.25) is 5.91 Å². The second-order valence-electron chi connectivity index (χ2n) is 7.52. The molecule has 10 heteroatoms. The van der Waals surface area contributed by atoms with E-state index in [2.05, 4.69) is 10.4 Å². The number of alkyl halides is 2. The summed E-state index contributed by atoms with van der Waals surface area (Å²) >= 11 is 0. The third-order valence-corrected chi connectivity index (χ3v) is 4.71. The first-order valence-electron chi connectivity index (χ1n) is 9.74. The number of aromatic nitrogens is 2. The molecule has 168 valence electrons. The van der Waals surface area contributed by atoms with Crippen LogP contribution in [0, 0.1) is 30.9 Å². The van der Waals surface area contributed by atoms with Crippen molar-refractivity contribution in [2.75, 3.05) is 5.32 Å². The number of non-ortho nitro benzene ring substituents is 1. The Bertz CT molecular complexity index is 1160. The first-order chi connectivity index (χ1) is 15.0. The lowest BCUT2D eigenvalue weighted by Gasteiger charge is -2.15. The van der Waals surface area contributed by atoms with Crippen molar-refractivity contribution in [2.24, 2.45) is 0 Å². The van der Waals surface area contributed by atoms with Crippen molar-refractivity contribution >= 4 is 17.3 Å². The quantitative estimate of drug-likeness (QED) is 0.375. The fourth-order valence-electron chi connectivity index (χ4n) is 3.32. The zero-order chi connectivity index (χ0) is 23.6. The summed E-state index contributed by atoms with van der Waals surface area (Å²) in [4.78, 5) is 23.5. The number of ether oxygens (including phenoxy) is 1. The zero-order valence-corrected chi connectivity index (χ0v) is 17.9. The summed E-state index contributed by atoms with van der Waals surface area (Å²) in [5.41, 5.74) is 1.75. The summed E-state index contributed by atoms with van der Waals surface area (Å²) in [6.07, 6.45) is -2.76. The first kappa shape index (κ1) is 22.9. The number of hydrogen-bond donors (Lipinski definition) is 1. The molecule has 0 saturated heterocycles. The van der Waals surface area contributed by atoms with E-state index in [0.29, 0.717) is 11.4 Å². The number of rotatable bonds is 7. The number of hydrogen-bond acceptors (Lipinski definition) is 5. The number of nitro groups is 1. The topological polar surface area (TPSA) is 99.3 Å². The Balaban J connectivity index is 1.86. The minimum absolute atomic E-state index is 0.134. The van der Waals surface area contributed by atoms with Crippen LogP contribution in [-0.2, 0) is 4.79 Å². The summed E-state index contributed by atoms with van der Waals surface area (Å²) in [7, 11) is 0. The molecule has 0 aliphatic carbocycles. The van der Waals surface area contributed by atoms with Crippen LogP contribution in [0.25, 0.3) is 0 Å². The standard InChI is InChI=1S/C22H22F2N4O4/c1-12-5-13(2)7-18(6-12)32-19-10-16(9-17(11-19)28(30)31)25-22(29)15(4)27-14(3)8-20(26-27)21(23)24/h5-11,15,21H,1-4H3,(H,25,29). The van der Waals surface area contributed by atoms with Crippen LogP contribution in [0.4, 0.5) is 20.2 Å². The van der Waals surface area contributed by atoms with Crippen LogP contribution in [0.5, 0.6) is 11.5 Å². The molecule has 32 heavy (non-hydrogen) atoms. The zero-order valence-electron chi connectivity index (χ0n) is 17.9. The molecule has 0 bridgehead atoms. The lowest BCUT2D eigenvalue weighted by atomic mass is 10.1. The molecular formula is C22H22F2N4O4. The predicted octanol–water partition coefficient (Wildman–Crippen LogP) is 5.65. The van der Waals surface area contributed by atoms with Crippen molar-refractivity contribution < 1.29 is 23.2 Å². The average Bonchev–Trinajstić information content (AvgIpc) is 3.08.